The van der Waals surface area contributed by atoms with Gasteiger partial charge in [0.2, 0.25) is 5.91 Å². The van der Waals surface area contributed by atoms with E-state index in [1.165, 1.54) is 7.11 Å². The number of hydrogen-bond acceptors (Lipinski definition) is 4. The molecule has 0 saturated heterocycles. The van der Waals surface area contributed by atoms with Crippen molar-refractivity contribution in [1.82, 2.24) is 15.8 Å². The van der Waals surface area contributed by atoms with Crippen LogP contribution in [0.25, 0.3) is 10.9 Å². The van der Waals surface area contributed by atoms with Gasteiger partial charge in [-0.15, -0.1) is 0 Å². The number of para-hydroxylation sites is 1. The Morgan fingerprint density at radius 1 is 1.19 bits per heavy atom. The van der Waals surface area contributed by atoms with Crippen molar-refractivity contribution < 1.29 is 14.3 Å². The highest BCUT2D eigenvalue weighted by Crippen LogP contribution is 2.22. The van der Waals surface area contributed by atoms with Crippen molar-refractivity contribution in [1.29, 1.82) is 0 Å². The molecule has 0 aliphatic carbocycles. The molecular formula is C15H17N3O3. The molecule has 0 atom stereocenters. The Balaban J connectivity index is 2.22. The van der Waals surface area contributed by atoms with E-state index in [1.807, 2.05) is 38.1 Å². The zero-order valence-electron chi connectivity index (χ0n) is 12.2. The number of hydrazine groups is 1. The summed E-state index contributed by atoms with van der Waals surface area (Å²) in [7, 11) is 1.23. The van der Waals surface area contributed by atoms with E-state index in [-0.39, 0.29) is 12.3 Å². The first kappa shape index (κ1) is 14.8. The lowest BCUT2D eigenvalue weighted by Crippen LogP contribution is -2.42. The van der Waals surface area contributed by atoms with Gasteiger partial charge in [-0.2, -0.15) is 0 Å². The first-order valence-corrected chi connectivity index (χ1v) is 6.50. The Morgan fingerprint density at radius 2 is 1.90 bits per heavy atom. The van der Waals surface area contributed by atoms with Crippen LogP contribution >= 0.6 is 0 Å². The van der Waals surface area contributed by atoms with Crippen LogP contribution in [0.5, 0.6) is 0 Å². The predicted molar refractivity (Wildman–Crippen MR) is 78.6 cm³/mol. The highest BCUT2D eigenvalue weighted by Gasteiger charge is 2.13. The van der Waals surface area contributed by atoms with Crippen molar-refractivity contribution in [3.63, 3.8) is 0 Å². The number of rotatable bonds is 2. The SMILES string of the molecule is COC(=O)NNC(=O)Cc1c(C)nc2ccccc2c1C. The van der Waals surface area contributed by atoms with Gasteiger partial charge in [0.25, 0.3) is 0 Å². The van der Waals surface area contributed by atoms with Crippen LogP contribution in [-0.4, -0.2) is 24.1 Å². The third-order valence-corrected chi connectivity index (χ3v) is 3.31. The highest BCUT2D eigenvalue weighted by molar-refractivity contribution is 5.87. The molecule has 1 aromatic heterocycles. The second-order valence-corrected chi connectivity index (χ2v) is 4.66. The average molecular weight is 287 g/mol. The van der Waals surface area contributed by atoms with Gasteiger partial charge in [-0.25, -0.2) is 10.2 Å². The van der Waals surface area contributed by atoms with E-state index in [0.29, 0.717) is 0 Å². The maximum absolute atomic E-state index is 11.9. The summed E-state index contributed by atoms with van der Waals surface area (Å²) in [5.74, 6) is -0.330. The lowest BCUT2D eigenvalue weighted by atomic mass is 9.99. The van der Waals surface area contributed by atoms with Crippen molar-refractivity contribution in [3.8, 4) is 0 Å². The number of methoxy groups -OCH3 is 1. The van der Waals surface area contributed by atoms with Crippen LogP contribution in [0.2, 0.25) is 0 Å². The normalized spacial score (nSPS) is 10.2. The zero-order chi connectivity index (χ0) is 15.4. The van der Waals surface area contributed by atoms with E-state index in [2.05, 4.69) is 20.6 Å². The number of carbonyl (C=O) groups is 2. The van der Waals surface area contributed by atoms with E-state index in [0.717, 1.165) is 27.7 Å². The lowest BCUT2D eigenvalue weighted by Gasteiger charge is -2.12. The minimum Gasteiger partial charge on any atom is -0.452 e. The summed E-state index contributed by atoms with van der Waals surface area (Å²) in [5.41, 5.74) is 8.03. The molecule has 1 heterocycles. The molecule has 2 aromatic rings. The molecule has 2 rings (SSSR count). The molecule has 6 heteroatoms. The minimum atomic E-state index is -0.714. The maximum atomic E-state index is 11.9. The fourth-order valence-electron chi connectivity index (χ4n) is 2.21. The molecule has 0 unspecified atom stereocenters. The van der Waals surface area contributed by atoms with E-state index < -0.39 is 6.09 Å². The monoisotopic (exact) mass is 287 g/mol. The molecule has 0 saturated carbocycles. The fraction of sp³-hybridized carbons (Fsp3) is 0.267. The van der Waals surface area contributed by atoms with E-state index in [9.17, 15) is 9.59 Å². The predicted octanol–water partition coefficient (Wildman–Crippen LogP) is 1.78. The zero-order valence-corrected chi connectivity index (χ0v) is 12.2. The van der Waals surface area contributed by atoms with E-state index in [1.54, 1.807) is 0 Å². The van der Waals surface area contributed by atoms with Gasteiger partial charge in [-0.3, -0.25) is 15.2 Å². The number of fused-ring (bicyclic) bond motifs is 1. The topological polar surface area (TPSA) is 80.3 Å². The number of nitrogens with one attached hydrogen (secondary N) is 2. The number of benzene rings is 1. The molecule has 0 spiro atoms. The van der Waals surface area contributed by atoms with Crippen LogP contribution in [0.1, 0.15) is 16.8 Å². The van der Waals surface area contributed by atoms with Crippen LogP contribution in [0.3, 0.4) is 0 Å². The van der Waals surface area contributed by atoms with Gasteiger partial charge in [-0.05, 0) is 31.0 Å². The molecule has 2 N–H and O–H groups in total. The van der Waals surface area contributed by atoms with Crippen LogP contribution in [-0.2, 0) is 16.0 Å². The van der Waals surface area contributed by atoms with E-state index >= 15 is 0 Å². The molecule has 2 amide bonds. The second kappa shape index (κ2) is 6.21. The molecule has 1 aromatic carbocycles. The summed E-state index contributed by atoms with van der Waals surface area (Å²) in [5, 5.41) is 1.02. The molecule has 110 valence electrons. The lowest BCUT2D eigenvalue weighted by molar-refractivity contribution is -0.121. The van der Waals surface area contributed by atoms with Crippen molar-refractivity contribution in [2.45, 2.75) is 20.3 Å². The number of nitrogens with zero attached hydrogens (tertiary/aromatic N) is 1. The van der Waals surface area contributed by atoms with Gasteiger partial charge in [0.15, 0.2) is 0 Å². The molecule has 0 bridgehead atoms. The standard InChI is InChI=1S/C15H17N3O3/c1-9-11-6-4-5-7-13(11)16-10(2)12(9)8-14(19)17-18-15(20)21-3/h4-7H,8H2,1-3H3,(H,17,19)(H,18,20). The Morgan fingerprint density at radius 3 is 2.62 bits per heavy atom. The third kappa shape index (κ3) is 3.28. The van der Waals surface area contributed by atoms with Crippen LogP contribution < -0.4 is 10.9 Å². The van der Waals surface area contributed by atoms with Gasteiger partial charge in [-0.1, -0.05) is 18.2 Å². The van der Waals surface area contributed by atoms with Crippen molar-refractivity contribution in [2.75, 3.05) is 7.11 Å². The molecule has 0 radical (unpaired) electrons. The number of pyridine rings is 1. The smallest absolute Gasteiger partial charge is 0.425 e. The van der Waals surface area contributed by atoms with Gasteiger partial charge < -0.3 is 4.74 Å². The molecule has 21 heavy (non-hydrogen) atoms. The summed E-state index contributed by atoms with van der Waals surface area (Å²) in [6.45, 7) is 3.84. The fourth-order valence-corrected chi connectivity index (χ4v) is 2.21. The number of aryl methyl sites for hydroxylation is 2. The van der Waals surface area contributed by atoms with Crippen molar-refractivity contribution in [2.24, 2.45) is 0 Å². The summed E-state index contributed by atoms with van der Waals surface area (Å²) in [6, 6.07) is 7.79. The van der Waals surface area contributed by atoms with Gasteiger partial charge in [0, 0.05) is 11.1 Å². The first-order valence-electron chi connectivity index (χ1n) is 6.50. The second-order valence-electron chi connectivity index (χ2n) is 4.66. The molecule has 0 fully saturated rings. The van der Waals surface area contributed by atoms with Crippen molar-refractivity contribution in [3.05, 3.63) is 41.1 Å². The number of amides is 2. The molecule has 0 aliphatic rings. The Labute approximate surface area is 122 Å². The summed E-state index contributed by atoms with van der Waals surface area (Å²) in [4.78, 5) is 27.3. The van der Waals surface area contributed by atoms with Crippen molar-refractivity contribution >= 4 is 22.9 Å². The first-order chi connectivity index (χ1) is 10.0. The molecule has 6 nitrogen and oxygen atoms in total. The summed E-state index contributed by atoms with van der Waals surface area (Å²) < 4.78 is 4.38. The third-order valence-electron chi connectivity index (χ3n) is 3.31. The highest BCUT2D eigenvalue weighted by atomic mass is 16.5. The van der Waals surface area contributed by atoms with Gasteiger partial charge in [0.1, 0.15) is 0 Å². The number of aromatic nitrogens is 1. The molecular weight excluding hydrogens is 270 g/mol. The Bertz CT molecular complexity index is 698. The largest absolute Gasteiger partial charge is 0.452 e. The Hall–Kier alpha value is -2.63. The van der Waals surface area contributed by atoms with E-state index in [4.69, 9.17) is 0 Å². The number of ether oxygens (including phenoxy) is 1. The number of hydrogen-bond donors (Lipinski definition) is 2. The van der Waals surface area contributed by atoms with Crippen LogP contribution in [0, 0.1) is 13.8 Å². The summed E-state index contributed by atoms with van der Waals surface area (Å²) in [6.07, 6.45) is -0.576. The maximum Gasteiger partial charge on any atom is 0.425 e. The number of carbonyl (C=O) groups excluding carboxylic acids is 2. The quantitative estimate of drug-likeness (QED) is 0.825. The van der Waals surface area contributed by atoms with Crippen LogP contribution in [0.15, 0.2) is 24.3 Å². The van der Waals surface area contributed by atoms with Gasteiger partial charge >= 0.3 is 6.09 Å². The molecule has 0 aliphatic heterocycles. The summed E-state index contributed by atoms with van der Waals surface area (Å²) >= 11 is 0. The Kier molecular flexibility index (Phi) is 4.37. The average Bonchev–Trinajstić information content (AvgIpc) is 2.49. The van der Waals surface area contributed by atoms with Crippen LogP contribution in [0.4, 0.5) is 4.79 Å². The minimum absolute atomic E-state index is 0.138. The van der Waals surface area contributed by atoms with Gasteiger partial charge in [0.05, 0.1) is 19.0 Å².